The third-order valence-electron chi connectivity index (χ3n) is 19.9. The van der Waals surface area contributed by atoms with Gasteiger partial charge in [0.15, 0.2) is 33.9 Å². The van der Waals surface area contributed by atoms with E-state index in [-0.39, 0.29) is 23.1 Å². The summed E-state index contributed by atoms with van der Waals surface area (Å²) in [6, 6.07) is 41.9. The molecule has 0 spiro atoms. The van der Waals surface area contributed by atoms with Crippen molar-refractivity contribution < 1.29 is 39.6 Å². The first-order valence-corrected chi connectivity index (χ1v) is 34.7. The van der Waals surface area contributed by atoms with Crippen molar-refractivity contribution in [1.82, 2.24) is 34.0 Å². The van der Waals surface area contributed by atoms with E-state index in [1.54, 1.807) is 64.2 Å². The Morgan fingerprint density at radius 1 is 0.475 bits per heavy atom. The molecule has 4 N–H and O–H groups in total. The van der Waals surface area contributed by atoms with Gasteiger partial charge >= 0.3 is 0 Å². The molecule has 101 heavy (non-hydrogen) atoms. The zero-order valence-electron chi connectivity index (χ0n) is 55.3. The van der Waals surface area contributed by atoms with Crippen LogP contribution in [0.25, 0.3) is 31.6 Å². The van der Waals surface area contributed by atoms with E-state index in [0.29, 0.717) is 126 Å². The number of hydrogen-bond acceptors (Lipinski definition) is 23. The van der Waals surface area contributed by atoms with E-state index in [9.17, 15) is 39.6 Å². The Balaban J connectivity index is 0.000000100. The highest BCUT2D eigenvalue weighted by Gasteiger charge is 2.56. The highest BCUT2D eigenvalue weighted by atomic mass is 32.1. The molecule has 0 bridgehead atoms. The number of pyridine rings is 3. The number of fused-ring (bicyclic) bond motifs is 12. The van der Waals surface area contributed by atoms with Gasteiger partial charge < -0.3 is 44.4 Å². The summed E-state index contributed by atoms with van der Waals surface area (Å²) in [6.45, 7) is 11.9. The molecule has 15 heterocycles. The van der Waals surface area contributed by atoms with Gasteiger partial charge in [0.05, 0.1) is 66.7 Å². The molecule has 502 valence electrons. The van der Waals surface area contributed by atoms with Crippen LogP contribution in [0.3, 0.4) is 0 Å². The van der Waals surface area contributed by atoms with E-state index < -0.39 is 22.4 Å². The van der Waals surface area contributed by atoms with Gasteiger partial charge in [-0.15, -0.1) is 11.3 Å². The minimum absolute atomic E-state index is 0.252. The second-order valence-electron chi connectivity index (χ2n) is 26.6. The van der Waals surface area contributed by atoms with Gasteiger partial charge in [-0.25, -0.2) is 44.4 Å². The Kier molecular flexibility index (Phi) is 14.7. The number of thiophene rings is 1. The lowest BCUT2D eigenvalue weighted by Gasteiger charge is -2.29. The maximum absolute atomic E-state index is 13.0. The maximum atomic E-state index is 13.0. The molecule has 0 radical (unpaired) electrons. The van der Waals surface area contributed by atoms with Gasteiger partial charge in [0.1, 0.15) is 28.7 Å². The van der Waals surface area contributed by atoms with E-state index in [0.717, 1.165) is 75.3 Å². The minimum Gasteiger partial charge on any atom is -0.374 e. The fraction of sp³-hybridized carbons (Fsp3) is 0.224. The fourth-order valence-corrected chi connectivity index (χ4v) is 16.4. The summed E-state index contributed by atoms with van der Waals surface area (Å²) in [4.78, 5) is 96.3. The number of aliphatic imine (C=N–C) groups is 4. The Labute approximate surface area is 584 Å². The summed E-state index contributed by atoms with van der Waals surface area (Å²) in [5.74, 6) is 0.605. The van der Waals surface area contributed by atoms with Gasteiger partial charge in [0, 0.05) is 116 Å². The maximum Gasteiger partial charge on any atom is 0.204 e. The number of ketones is 4. The van der Waals surface area contributed by atoms with Crippen molar-refractivity contribution in [3.05, 3.63) is 220 Å². The predicted molar refractivity (Wildman–Crippen MR) is 390 cm³/mol. The molecule has 5 aromatic carbocycles. The Hall–Kier alpha value is -11.2. The predicted octanol–water partition coefficient (Wildman–Crippen LogP) is 11.7. The van der Waals surface area contributed by atoms with Gasteiger partial charge in [-0.2, -0.15) is 5.10 Å². The van der Waals surface area contributed by atoms with Gasteiger partial charge in [-0.05, 0) is 132 Å². The number of aromatic nitrogens is 7. The highest BCUT2D eigenvalue weighted by Crippen LogP contribution is 2.46. The van der Waals surface area contributed by atoms with Crippen LogP contribution in [0.2, 0.25) is 0 Å². The molecular formula is C76H63N15O8S2. The third-order valence-corrected chi connectivity index (χ3v) is 21.9. The van der Waals surface area contributed by atoms with Crippen LogP contribution in [-0.2, 0) is 0 Å². The lowest BCUT2D eigenvalue weighted by molar-refractivity contribution is 0.0600. The summed E-state index contributed by atoms with van der Waals surface area (Å²) in [5.41, 5.74) is 7.41. The Morgan fingerprint density at radius 3 is 1.47 bits per heavy atom. The molecule has 8 aliphatic heterocycles. The SMILES string of the molecule is Cc1ccc2c(c1)C(=O)[C@]1(O)CCN(c3cc4cccnc4s3)C1=N2.Cc1ccc2c(c1)C(=O)[C@]1(O)CCN(c3ccc4cncn4c3)C1=N2.Cc1ccc2c(c1)C(=O)[C@]1(O)CCN(c3ccc4sc(C)nc4c3)C1=N2.Cc1ccc2c(c1)C(=O)[C@]1(O)CCN(c3ccn4ncnc4c3)C1=N2. The van der Waals surface area contributed by atoms with Crippen LogP contribution in [-0.4, -0.2) is 149 Å². The standard InChI is InChI=1S/C20H17N3O2S.C19H16N4O2.C19H15N3O2S.C18H15N5O2/c1-11-3-5-15-14(9-11)18(24)20(25)7-8-23(19(20)22-15)13-4-6-17-16(10-13)21-12(2)26-17;1-12-2-5-16-15(8-12)17(24)19(25)6-7-23(18(19)21-16)14-4-3-13-9-20-11-22(13)10-14;1-11-4-5-14-13(9-11)16(23)19(24)6-8-22(18(19)21-14)15-10-12-3-2-7-20-17(12)25-15;1-11-2-3-14-13(8-11)16(24)18(25)5-7-22(17(18)21-14)12-4-6-23-15(9-12)19-10-20-23/h3-6,9-10,25H,7-8H2,1-2H3;2-5,8-11,25H,6-7H2,1H3;2-5,7,9-10,24H,6,8H2,1H3;2-4,6,8-10,25H,5,7H2,1H3/t20-;2*19-;18-/m1111/s1. The van der Waals surface area contributed by atoms with Crippen LogP contribution >= 0.6 is 22.7 Å². The van der Waals surface area contributed by atoms with Crippen LogP contribution < -0.4 is 19.6 Å². The van der Waals surface area contributed by atoms with Crippen molar-refractivity contribution in [2.45, 2.75) is 82.7 Å². The van der Waals surface area contributed by atoms with Crippen LogP contribution in [0.5, 0.6) is 0 Å². The molecule has 12 aromatic rings. The van der Waals surface area contributed by atoms with Crippen LogP contribution in [0.15, 0.2) is 191 Å². The molecule has 23 nitrogen and oxygen atoms in total. The van der Waals surface area contributed by atoms with Crippen LogP contribution in [0, 0.1) is 34.6 Å². The first kappa shape index (κ1) is 63.3. The number of Topliss-reactive ketones (excluding diaryl/α,β-unsaturated/α-hetero) is 4. The zero-order valence-corrected chi connectivity index (χ0v) is 56.9. The molecule has 0 unspecified atom stereocenters. The summed E-state index contributed by atoms with van der Waals surface area (Å²) in [5, 5.41) is 51.5. The van der Waals surface area contributed by atoms with Crippen molar-refractivity contribution >= 4 is 146 Å². The smallest absolute Gasteiger partial charge is 0.204 e. The lowest BCUT2D eigenvalue weighted by atomic mass is 9.87. The summed E-state index contributed by atoms with van der Waals surface area (Å²) < 4.78 is 4.70. The van der Waals surface area contributed by atoms with Crippen molar-refractivity contribution in [3.63, 3.8) is 0 Å². The molecule has 20 rings (SSSR count). The number of benzene rings is 5. The molecule has 4 fully saturated rings. The number of carbonyl (C=O) groups is 4. The molecule has 25 heteroatoms. The number of hydrogen-bond donors (Lipinski definition) is 4. The Bertz CT molecular complexity index is 5370. The first-order chi connectivity index (χ1) is 48.6. The normalized spacial score (nSPS) is 22.0. The summed E-state index contributed by atoms with van der Waals surface area (Å²) >= 11 is 3.20. The van der Waals surface area contributed by atoms with E-state index in [2.05, 4.69) is 45.0 Å². The molecule has 0 amide bonds. The number of imidazole rings is 1. The van der Waals surface area contributed by atoms with E-state index >= 15 is 0 Å². The number of aryl methyl sites for hydroxylation is 5. The molecular weight excluding hydrogens is 1320 g/mol. The van der Waals surface area contributed by atoms with Crippen LogP contribution in [0.4, 0.5) is 44.8 Å². The molecule has 4 saturated heterocycles. The number of rotatable bonds is 4. The third kappa shape index (κ3) is 10.3. The number of aliphatic hydroxyl groups is 4. The zero-order chi connectivity index (χ0) is 69.6. The number of carbonyl (C=O) groups excluding carboxylic acids is 4. The molecule has 0 saturated carbocycles. The monoisotopic (exact) mass is 1380 g/mol. The second kappa shape index (κ2) is 23.5. The number of nitrogens with zero attached hydrogens (tertiary/aromatic N) is 15. The average molecular weight is 1380 g/mol. The Morgan fingerprint density at radius 2 is 0.950 bits per heavy atom. The highest BCUT2D eigenvalue weighted by molar-refractivity contribution is 7.22. The van der Waals surface area contributed by atoms with Crippen molar-refractivity contribution in [2.24, 2.45) is 20.0 Å². The van der Waals surface area contributed by atoms with Gasteiger partial charge in [-0.3, -0.25) is 19.2 Å². The quantitative estimate of drug-likeness (QED) is 0.127. The number of thiazole rings is 1. The molecule has 8 aliphatic rings. The second-order valence-corrected chi connectivity index (χ2v) is 28.9. The van der Waals surface area contributed by atoms with Gasteiger partial charge in [0.25, 0.3) is 0 Å². The average Bonchev–Trinajstić information content (AvgIpc) is 1.64. The van der Waals surface area contributed by atoms with E-state index in [1.807, 2.05) is 186 Å². The van der Waals surface area contributed by atoms with Crippen molar-refractivity contribution in [1.29, 1.82) is 0 Å². The topological polar surface area (TPSA) is 285 Å². The van der Waals surface area contributed by atoms with Crippen molar-refractivity contribution in [2.75, 3.05) is 45.8 Å². The first-order valence-electron chi connectivity index (χ1n) is 33.1. The molecule has 4 atom stereocenters. The molecule has 7 aromatic heterocycles. The molecule has 0 aliphatic carbocycles. The lowest BCUT2D eigenvalue weighted by Crippen LogP contribution is -2.48. The fourth-order valence-electron chi connectivity index (χ4n) is 14.6. The summed E-state index contributed by atoms with van der Waals surface area (Å²) in [7, 11) is 0. The van der Waals surface area contributed by atoms with Crippen molar-refractivity contribution in [3.8, 4) is 0 Å². The largest absolute Gasteiger partial charge is 0.374 e. The van der Waals surface area contributed by atoms with Gasteiger partial charge in [0.2, 0.25) is 23.1 Å². The van der Waals surface area contributed by atoms with E-state index in [4.69, 9.17) is 0 Å². The van der Waals surface area contributed by atoms with Crippen LogP contribution in [0.1, 0.15) is 94.4 Å². The number of anilines is 4. The summed E-state index contributed by atoms with van der Waals surface area (Å²) in [6.07, 6.45) is 11.8. The van der Waals surface area contributed by atoms with Gasteiger partial charge in [-0.1, -0.05) is 63.9 Å². The number of amidine groups is 4. The minimum atomic E-state index is -1.57. The van der Waals surface area contributed by atoms with E-state index in [1.165, 1.54) is 6.33 Å².